The Kier molecular flexibility index (Phi) is 4.18. The molecule has 1 unspecified atom stereocenters. The van der Waals surface area contributed by atoms with E-state index in [4.69, 9.17) is 10.9 Å². The normalized spacial score (nSPS) is 23.3. The fourth-order valence-electron chi connectivity index (χ4n) is 1.36. The molecule has 6 nitrogen and oxygen atoms in total. The number of oxime groups is 1. The van der Waals surface area contributed by atoms with Gasteiger partial charge in [0.05, 0.1) is 0 Å². The van der Waals surface area contributed by atoms with Gasteiger partial charge in [-0.2, -0.15) is 0 Å². The van der Waals surface area contributed by atoms with Crippen molar-refractivity contribution in [2.24, 2.45) is 10.9 Å². The van der Waals surface area contributed by atoms with Crippen molar-refractivity contribution in [2.45, 2.75) is 25.3 Å². The van der Waals surface area contributed by atoms with Gasteiger partial charge in [-0.25, -0.2) is 0 Å². The van der Waals surface area contributed by atoms with Crippen LogP contribution in [0.3, 0.4) is 0 Å². The van der Waals surface area contributed by atoms with E-state index in [1.165, 1.54) is 0 Å². The van der Waals surface area contributed by atoms with E-state index in [-0.39, 0.29) is 11.7 Å². The van der Waals surface area contributed by atoms with Gasteiger partial charge in [-0.15, -0.1) is 0 Å². The summed E-state index contributed by atoms with van der Waals surface area (Å²) >= 11 is 0. The van der Waals surface area contributed by atoms with E-state index < -0.39 is 0 Å². The number of amides is 1. The number of nitrogens with two attached hydrogens (primary N) is 1. The first-order valence-electron chi connectivity index (χ1n) is 4.69. The highest BCUT2D eigenvalue weighted by molar-refractivity contribution is 5.79. The summed E-state index contributed by atoms with van der Waals surface area (Å²) in [4.78, 5) is 10.8. The van der Waals surface area contributed by atoms with Gasteiger partial charge < -0.3 is 21.6 Å². The molecule has 0 aromatic heterocycles. The summed E-state index contributed by atoms with van der Waals surface area (Å²) in [5, 5.41) is 17.1. The van der Waals surface area contributed by atoms with Gasteiger partial charge >= 0.3 is 0 Å². The molecule has 0 aromatic carbocycles. The van der Waals surface area contributed by atoms with Crippen molar-refractivity contribution < 1.29 is 10.0 Å². The summed E-state index contributed by atoms with van der Waals surface area (Å²) in [6.45, 7) is 1.32. The lowest BCUT2D eigenvalue weighted by Crippen LogP contribution is -2.46. The van der Waals surface area contributed by atoms with Crippen LogP contribution in [-0.2, 0) is 4.79 Å². The molecule has 0 bridgehead atoms. The lowest BCUT2D eigenvalue weighted by atomic mass is 10.1. The summed E-state index contributed by atoms with van der Waals surface area (Å²) in [5.41, 5.74) is 5.30. The molecule has 0 spiro atoms. The first-order valence-corrected chi connectivity index (χ1v) is 4.69. The highest BCUT2D eigenvalue weighted by Crippen LogP contribution is 2.02. The van der Waals surface area contributed by atoms with E-state index in [1.807, 2.05) is 0 Å². The summed E-state index contributed by atoms with van der Waals surface area (Å²) in [5.74, 6) is 0.330. The highest BCUT2D eigenvalue weighted by Gasteiger charge is 2.16. The summed E-state index contributed by atoms with van der Waals surface area (Å²) in [6, 6.07) is 0.305. The minimum atomic E-state index is 0.111. The van der Waals surface area contributed by atoms with E-state index in [1.54, 1.807) is 0 Å². The molecule has 1 saturated heterocycles. The van der Waals surface area contributed by atoms with Crippen molar-refractivity contribution in [1.82, 2.24) is 10.6 Å². The molecule has 1 aliphatic rings. The van der Waals surface area contributed by atoms with Crippen LogP contribution in [0.25, 0.3) is 0 Å². The van der Waals surface area contributed by atoms with Crippen LogP contribution in [0.4, 0.5) is 0 Å². The van der Waals surface area contributed by atoms with Gasteiger partial charge in [0.2, 0.25) is 5.91 Å². The predicted octanol–water partition coefficient (Wildman–Crippen LogP) is -1.01. The molecule has 1 atom stereocenters. The third kappa shape index (κ3) is 3.61. The maximum atomic E-state index is 10.8. The van der Waals surface area contributed by atoms with Gasteiger partial charge in [-0.3, -0.25) is 4.79 Å². The highest BCUT2D eigenvalue weighted by atomic mass is 16.4. The van der Waals surface area contributed by atoms with Gasteiger partial charge in [-0.1, -0.05) is 5.16 Å². The molecule has 1 rings (SSSR count). The zero-order valence-electron chi connectivity index (χ0n) is 7.99. The van der Waals surface area contributed by atoms with Gasteiger partial charge in [0.15, 0.2) is 0 Å². The minimum absolute atomic E-state index is 0.111. The molecular formula is C8H16N4O2. The minimum Gasteiger partial charge on any atom is -0.409 e. The smallest absolute Gasteiger partial charge is 0.220 e. The number of amidine groups is 1. The van der Waals surface area contributed by atoms with Crippen molar-refractivity contribution in [1.29, 1.82) is 0 Å². The quantitative estimate of drug-likeness (QED) is 0.202. The topological polar surface area (TPSA) is 99.7 Å². The maximum absolute atomic E-state index is 10.8. The van der Waals surface area contributed by atoms with E-state index in [0.717, 1.165) is 6.42 Å². The Hall–Kier alpha value is -1.30. The number of hydrogen-bond donors (Lipinski definition) is 4. The Balaban J connectivity index is 2.10. The SMILES string of the molecule is NC(CCNC1CCC(=O)NC1)=NO. The Morgan fingerprint density at radius 3 is 3.14 bits per heavy atom. The van der Waals surface area contributed by atoms with Crippen molar-refractivity contribution in [2.75, 3.05) is 13.1 Å². The molecule has 1 aliphatic heterocycles. The second kappa shape index (κ2) is 5.43. The third-order valence-electron chi connectivity index (χ3n) is 2.21. The molecule has 1 heterocycles. The predicted molar refractivity (Wildman–Crippen MR) is 52.1 cm³/mol. The molecule has 14 heavy (non-hydrogen) atoms. The lowest BCUT2D eigenvalue weighted by Gasteiger charge is -2.23. The van der Waals surface area contributed by atoms with Crippen LogP contribution in [0, 0.1) is 0 Å². The number of carbonyl (C=O) groups excluding carboxylic acids is 1. The zero-order valence-corrected chi connectivity index (χ0v) is 7.99. The molecule has 6 heteroatoms. The molecule has 0 aliphatic carbocycles. The Morgan fingerprint density at radius 2 is 2.57 bits per heavy atom. The molecule has 1 amide bonds. The number of nitrogens with one attached hydrogen (secondary N) is 2. The Labute approximate surface area is 82.5 Å². The second-order valence-electron chi connectivity index (χ2n) is 3.34. The molecular weight excluding hydrogens is 184 g/mol. The van der Waals surface area contributed by atoms with Crippen molar-refractivity contribution in [3.63, 3.8) is 0 Å². The average Bonchev–Trinajstić information content (AvgIpc) is 2.21. The Morgan fingerprint density at radius 1 is 1.79 bits per heavy atom. The van der Waals surface area contributed by atoms with Crippen LogP contribution in [0.2, 0.25) is 0 Å². The molecule has 80 valence electrons. The van der Waals surface area contributed by atoms with Crippen molar-refractivity contribution in [3.8, 4) is 0 Å². The zero-order chi connectivity index (χ0) is 10.4. The fourth-order valence-corrected chi connectivity index (χ4v) is 1.36. The molecule has 5 N–H and O–H groups in total. The van der Waals surface area contributed by atoms with Crippen LogP contribution in [-0.4, -0.2) is 36.1 Å². The van der Waals surface area contributed by atoms with E-state index in [2.05, 4.69) is 15.8 Å². The van der Waals surface area contributed by atoms with Gasteiger partial charge in [0.25, 0.3) is 0 Å². The van der Waals surface area contributed by atoms with E-state index >= 15 is 0 Å². The van der Waals surface area contributed by atoms with Crippen molar-refractivity contribution in [3.05, 3.63) is 0 Å². The lowest BCUT2D eigenvalue weighted by molar-refractivity contribution is -0.122. The first-order chi connectivity index (χ1) is 6.72. The number of carbonyl (C=O) groups is 1. The number of nitrogens with zero attached hydrogens (tertiary/aromatic N) is 1. The van der Waals surface area contributed by atoms with Crippen molar-refractivity contribution >= 4 is 11.7 Å². The largest absolute Gasteiger partial charge is 0.409 e. The van der Waals surface area contributed by atoms with Gasteiger partial charge in [0.1, 0.15) is 5.84 Å². The second-order valence-corrected chi connectivity index (χ2v) is 3.34. The standard InChI is InChI=1S/C8H16N4O2/c9-7(12-14)3-4-10-6-1-2-8(13)11-5-6/h6,10,14H,1-5H2,(H2,9,12)(H,11,13). The summed E-state index contributed by atoms with van der Waals surface area (Å²) in [7, 11) is 0. The van der Waals surface area contributed by atoms with Crippen LogP contribution >= 0.6 is 0 Å². The molecule has 0 aromatic rings. The maximum Gasteiger partial charge on any atom is 0.220 e. The molecule has 0 radical (unpaired) electrons. The van der Waals surface area contributed by atoms with Crippen LogP contribution in [0.1, 0.15) is 19.3 Å². The fraction of sp³-hybridized carbons (Fsp3) is 0.750. The first kappa shape index (κ1) is 10.8. The van der Waals surface area contributed by atoms with Crippen LogP contribution in [0.5, 0.6) is 0 Å². The number of piperidine rings is 1. The monoisotopic (exact) mass is 200 g/mol. The summed E-state index contributed by atoms with van der Waals surface area (Å²) in [6.07, 6.45) is 1.93. The molecule has 0 saturated carbocycles. The van der Waals surface area contributed by atoms with E-state index in [9.17, 15) is 4.79 Å². The van der Waals surface area contributed by atoms with Gasteiger partial charge in [-0.05, 0) is 6.42 Å². The molecule has 1 fully saturated rings. The van der Waals surface area contributed by atoms with Crippen LogP contribution in [0.15, 0.2) is 5.16 Å². The Bertz CT molecular complexity index is 219. The number of rotatable bonds is 4. The van der Waals surface area contributed by atoms with Crippen LogP contribution < -0.4 is 16.4 Å². The third-order valence-corrected chi connectivity index (χ3v) is 2.21. The average molecular weight is 200 g/mol. The van der Waals surface area contributed by atoms with Gasteiger partial charge in [0, 0.05) is 32.0 Å². The summed E-state index contributed by atoms with van der Waals surface area (Å²) < 4.78 is 0. The number of hydrogen-bond acceptors (Lipinski definition) is 4. The van der Waals surface area contributed by atoms with E-state index in [0.29, 0.717) is 32.0 Å².